The molecule has 0 atom stereocenters. The number of hydrogen-bond acceptors (Lipinski definition) is 4. The Bertz CT molecular complexity index is 890. The molecule has 4 aliphatic carbocycles. The van der Waals surface area contributed by atoms with Crippen LogP contribution in [0.3, 0.4) is 0 Å². The number of halogens is 1. The fourth-order valence-corrected chi connectivity index (χ4v) is 6.69. The number of amides is 1. The molecular formula is C22H30FNO4S. The van der Waals surface area contributed by atoms with Crippen LogP contribution in [0.25, 0.3) is 0 Å². The van der Waals surface area contributed by atoms with Crippen LogP contribution in [0.2, 0.25) is 0 Å². The standard InChI is InChI=1S/C22H30FNO4S/c1-13(2)17-7-18(21(25)24-29(3,26)27)19(23)8-20(17)28-12-22-9-14-4-15(10-22)6-16(5-14)11-22/h7-8,13-16H,4-6,9-12H2,1-3H3,(H,24,25). The summed E-state index contributed by atoms with van der Waals surface area (Å²) in [4.78, 5) is 12.2. The van der Waals surface area contributed by atoms with Gasteiger partial charge in [-0.15, -0.1) is 0 Å². The van der Waals surface area contributed by atoms with Crippen molar-refractivity contribution >= 4 is 15.9 Å². The van der Waals surface area contributed by atoms with Gasteiger partial charge < -0.3 is 4.74 Å². The van der Waals surface area contributed by atoms with Crippen molar-refractivity contribution in [2.45, 2.75) is 58.3 Å². The maximum atomic E-state index is 14.7. The van der Waals surface area contributed by atoms with Crippen molar-refractivity contribution < 1.29 is 22.3 Å². The Kier molecular flexibility index (Phi) is 5.16. The van der Waals surface area contributed by atoms with E-state index in [4.69, 9.17) is 4.74 Å². The van der Waals surface area contributed by atoms with E-state index in [-0.39, 0.29) is 16.9 Å². The highest BCUT2D eigenvalue weighted by atomic mass is 32.2. The molecule has 0 heterocycles. The molecular weight excluding hydrogens is 393 g/mol. The number of benzene rings is 1. The Balaban J connectivity index is 1.56. The van der Waals surface area contributed by atoms with E-state index < -0.39 is 21.7 Å². The summed E-state index contributed by atoms with van der Waals surface area (Å²) in [5, 5.41) is 0. The van der Waals surface area contributed by atoms with Gasteiger partial charge in [-0.25, -0.2) is 17.5 Å². The number of carbonyl (C=O) groups is 1. The summed E-state index contributed by atoms with van der Waals surface area (Å²) in [6.07, 6.45) is 8.54. The summed E-state index contributed by atoms with van der Waals surface area (Å²) in [5.41, 5.74) is 0.641. The molecule has 1 aromatic carbocycles. The minimum absolute atomic E-state index is 0.00625. The van der Waals surface area contributed by atoms with E-state index in [1.54, 1.807) is 0 Å². The molecule has 1 N–H and O–H groups in total. The number of carbonyl (C=O) groups excluding carboxylic acids is 1. The maximum Gasteiger partial charge on any atom is 0.267 e. The predicted octanol–water partition coefficient (Wildman–Crippen LogP) is 4.23. The van der Waals surface area contributed by atoms with Crippen LogP contribution in [0, 0.1) is 29.0 Å². The number of nitrogens with one attached hydrogen (secondary N) is 1. The average molecular weight is 424 g/mol. The molecule has 0 radical (unpaired) electrons. The maximum absolute atomic E-state index is 14.7. The van der Waals surface area contributed by atoms with E-state index in [1.807, 2.05) is 18.6 Å². The minimum Gasteiger partial charge on any atom is -0.493 e. The second kappa shape index (κ2) is 7.25. The lowest BCUT2D eigenvalue weighted by atomic mass is 9.50. The van der Waals surface area contributed by atoms with Gasteiger partial charge in [-0.1, -0.05) is 13.8 Å². The molecule has 4 aliphatic rings. The normalized spacial score (nSPS) is 30.6. The van der Waals surface area contributed by atoms with Gasteiger partial charge in [-0.05, 0) is 73.8 Å². The molecule has 0 saturated heterocycles. The highest BCUT2D eigenvalue weighted by Crippen LogP contribution is 2.60. The lowest BCUT2D eigenvalue weighted by molar-refractivity contribution is -0.0747. The summed E-state index contributed by atoms with van der Waals surface area (Å²) in [6.45, 7) is 4.48. The third kappa shape index (κ3) is 4.30. The van der Waals surface area contributed by atoms with Crippen molar-refractivity contribution in [3.8, 4) is 5.75 Å². The number of sulfonamides is 1. The van der Waals surface area contributed by atoms with Crippen LogP contribution in [0.1, 0.15) is 74.2 Å². The molecule has 0 aliphatic heterocycles. The van der Waals surface area contributed by atoms with Crippen molar-refractivity contribution in [3.63, 3.8) is 0 Å². The summed E-state index contributed by atoms with van der Waals surface area (Å²) < 4.78 is 45.4. The van der Waals surface area contributed by atoms with Gasteiger partial charge in [-0.3, -0.25) is 4.79 Å². The molecule has 4 fully saturated rings. The zero-order chi connectivity index (χ0) is 21.0. The van der Waals surface area contributed by atoms with Crippen LogP contribution in [0.5, 0.6) is 5.75 Å². The Labute approximate surface area is 172 Å². The van der Waals surface area contributed by atoms with Crippen LogP contribution < -0.4 is 9.46 Å². The number of hydrogen-bond donors (Lipinski definition) is 1. The van der Waals surface area contributed by atoms with E-state index in [9.17, 15) is 17.6 Å². The van der Waals surface area contributed by atoms with E-state index >= 15 is 0 Å². The molecule has 5 nitrogen and oxygen atoms in total. The Morgan fingerprint density at radius 1 is 1.17 bits per heavy atom. The topological polar surface area (TPSA) is 72.5 Å². The number of rotatable bonds is 6. The fraction of sp³-hybridized carbons (Fsp3) is 0.682. The first kappa shape index (κ1) is 20.6. The minimum atomic E-state index is -3.77. The zero-order valence-electron chi connectivity index (χ0n) is 17.3. The summed E-state index contributed by atoms with van der Waals surface area (Å²) in [5.74, 6) is 1.18. The van der Waals surface area contributed by atoms with Crippen molar-refractivity contribution in [2.24, 2.45) is 23.2 Å². The SMILES string of the molecule is CC(C)c1cc(C(=O)NS(C)(=O)=O)c(F)cc1OCC12CC3CC(CC(C3)C1)C2. The second-order valence-electron chi connectivity index (χ2n) is 9.93. The zero-order valence-corrected chi connectivity index (χ0v) is 18.1. The molecule has 0 spiro atoms. The van der Waals surface area contributed by atoms with Crippen LogP contribution >= 0.6 is 0 Å². The van der Waals surface area contributed by atoms with Crippen LogP contribution in [0.4, 0.5) is 4.39 Å². The van der Waals surface area contributed by atoms with Gasteiger partial charge in [0.05, 0.1) is 18.4 Å². The van der Waals surface area contributed by atoms with Crippen molar-refractivity contribution in [1.29, 1.82) is 0 Å². The van der Waals surface area contributed by atoms with E-state index in [0.717, 1.165) is 29.6 Å². The third-order valence-electron chi connectivity index (χ3n) is 6.94. The van der Waals surface area contributed by atoms with E-state index in [1.165, 1.54) is 50.7 Å². The van der Waals surface area contributed by atoms with Gasteiger partial charge in [-0.2, -0.15) is 0 Å². The first-order valence-electron chi connectivity index (χ1n) is 10.5. The molecule has 7 heteroatoms. The lowest BCUT2D eigenvalue weighted by Crippen LogP contribution is -2.48. The smallest absolute Gasteiger partial charge is 0.267 e. The summed E-state index contributed by atoms with van der Waals surface area (Å²) in [6, 6.07) is 2.67. The van der Waals surface area contributed by atoms with Crippen molar-refractivity contribution in [1.82, 2.24) is 4.72 Å². The molecule has 4 saturated carbocycles. The molecule has 0 unspecified atom stereocenters. The molecule has 0 aromatic heterocycles. The van der Waals surface area contributed by atoms with Crippen LogP contribution in [-0.2, 0) is 10.0 Å². The van der Waals surface area contributed by atoms with E-state index in [2.05, 4.69) is 0 Å². The summed E-state index contributed by atoms with van der Waals surface area (Å²) >= 11 is 0. The fourth-order valence-electron chi connectivity index (χ4n) is 6.24. The lowest BCUT2D eigenvalue weighted by Gasteiger charge is -2.56. The first-order valence-corrected chi connectivity index (χ1v) is 12.4. The highest BCUT2D eigenvalue weighted by Gasteiger charge is 2.51. The second-order valence-corrected chi connectivity index (χ2v) is 11.7. The average Bonchev–Trinajstić information content (AvgIpc) is 2.57. The molecule has 1 aromatic rings. The monoisotopic (exact) mass is 423 g/mol. The van der Waals surface area contributed by atoms with Gasteiger partial charge in [0.1, 0.15) is 11.6 Å². The van der Waals surface area contributed by atoms with Crippen molar-refractivity contribution in [2.75, 3.05) is 12.9 Å². The third-order valence-corrected chi connectivity index (χ3v) is 7.50. The van der Waals surface area contributed by atoms with Gasteiger partial charge in [0.25, 0.3) is 5.91 Å². The van der Waals surface area contributed by atoms with Crippen LogP contribution in [-0.4, -0.2) is 27.2 Å². The Morgan fingerprint density at radius 3 is 2.21 bits per heavy atom. The highest BCUT2D eigenvalue weighted by molar-refractivity contribution is 7.89. The van der Waals surface area contributed by atoms with E-state index in [0.29, 0.717) is 12.4 Å². The summed E-state index contributed by atoms with van der Waals surface area (Å²) in [7, 11) is -3.77. The van der Waals surface area contributed by atoms with Gasteiger partial charge in [0, 0.05) is 11.5 Å². The Hall–Kier alpha value is -1.63. The first-order chi connectivity index (χ1) is 13.5. The van der Waals surface area contributed by atoms with Crippen molar-refractivity contribution in [3.05, 3.63) is 29.1 Å². The van der Waals surface area contributed by atoms with Crippen LogP contribution in [0.15, 0.2) is 12.1 Å². The molecule has 1 amide bonds. The molecule has 29 heavy (non-hydrogen) atoms. The predicted molar refractivity (Wildman–Crippen MR) is 109 cm³/mol. The van der Waals surface area contributed by atoms with Gasteiger partial charge in [0.15, 0.2) is 0 Å². The number of ether oxygens (including phenoxy) is 1. The molecule has 160 valence electrons. The largest absolute Gasteiger partial charge is 0.493 e. The molecule has 5 rings (SSSR count). The molecule has 4 bridgehead atoms. The van der Waals surface area contributed by atoms with Gasteiger partial charge >= 0.3 is 0 Å². The van der Waals surface area contributed by atoms with Gasteiger partial charge in [0.2, 0.25) is 10.0 Å². The quantitative estimate of drug-likeness (QED) is 0.743. The Morgan fingerprint density at radius 2 is 1.72 bits per heavy atom.